The van der Waals surface area contributed by atoms with Gasteiger partial charge in [-0.3, -0.25) is 14.4 Å². The summed E-state index contributed by atoms with van der Waals surface area (Å²) in [7, 11) is 0. The fourth-order valence-corrected chi connectivity index (χ4v) is 7.04. The number of ether oxygens (including phenoxy) is 1. The van der Waals surface area contributed by atoms with E-state index in [2.05, 4.69) is 47.8 Å². The van der Waals surface area contributed by atoms with Gasteiger partial charge in [-0.1, -0.05) is 86.9 Å². The molecular weight excluding hydrogens is 793 g/mol. The quantitative estimate of drug-likeness (QED) is 0.0194. The molecule has 0 unspecified atom stereocenters. The van der Waals surface area contributed by atoms with Crippen molar-refractivity contribution >= 4 is 63.2 Å². The lowest BCUT2D eigenvalue weighted by Crippen LogP contribution is -2.46. The van der Waals surface area contributed by atoms with Crippen molar-refractivity contribution in [2.24, 2.45) is 22.7 Å². The molecule has 0 spiro atoms. The van der Waals surface area contributed by atoms with Crippen LogP contribution in [0, 0.1) is 11.8 Å². The second-order valence-electron chi connectivity index (χ2n) is 15.3. The Kier molecular flexibility index (Phi) is 16.6. The predicted octanol–water partition coefficient (Wildman–Crippen LogP) is 6.40. The van der Waals surface area contributed by atoms with Crippen molar-refractivity contribution in [3.05, 3.63) is 106 Å². The summed E-state index contributed by atoms with van der Waals surface area (Å²) >= 11 is 0. The van der Waals surface area contributed by atoms with Crippen molar-refractivity contribution in [1.82, 2.24) is 30.5 Å². The number of carbonyl (C=O) groups excluding carboxylic acids is 5. The van der Waals surface area contributed by atoms with E-state index in [1.165, 1.54) is 0 Å². The monoisotopic (exact) mass is 846 g/mol. The summed E-state index contributed by atoms with van der Waals surface area (Å²) in [5.74, 6) is -1.12. The number of aromatic nitrogens is 3. The molecule has 0 aliphatic heterocycles. The first-order valence-electron chi connectivity index (χ1n) is 20.6. The number of carbonyl (C=O) groups is 5. The maximum Gasteiger partial charge on any atom is 0.407 e. The minimum atomic E-state index is -0.906. The number of nitrogens with two attached hydrogens (primary N) is 2. The molecule has 8 N–H and O–H groups in total. The lowest BCUT2D eigenvalue weighted by Gasteiger charge is -2.24. The fraction of sp³-hybridized carbons (Fsp3) is 0.386. The lowest BCUT2D eigenvalue weighted by atomic mass is 9.89. The summed E-state index contributed by atoms with van der Waals surface area (Å²) in [4.78, 5) is 74.9. The molecule has 0 saturated heterocycles. The number of rotatable bonds is 22. The van der Waals surface area contributed by atoms with Gasteiger partial charge < -0.3 is 42.0 Å². The first-order chi connectivity index (χ1) is 29.9. The molecule has 0 aliphatic carbocycles. The summed E-state index contributed by atoms with van der Waals surface area (Å²) in [6, 6.07) is 21.1. The summed E-state index contributed by atoms with van der Waals surface area (Å²) in [5, 5.41) is 14.9. The number of hydrogen-bond donors (Lipinski definition) is 6. The number of ketones is 1. The van der Waals surface area contributed by atoms with E-state index in [1.807, 2.05) is 48.5 Å². The highest BCUT2D eigenvalue weighted by Gasteiger charge is 2.29. The Hall–Kier alpha value is -7.20. The number of unbranched alkanes of at least 4 members (excludes halogenated alkanes) is 1. The molecule has 0 fully saturated rings. The van der Waals surface area contributed by atoms with Gasteiger partial charge >= 0.3 is 12.1 Å². The molecule has 0 saturated carbocycles. The lowest BCUT2D eigenvalue weighted by molar-refractivity contribution is -0.130. The van der Waals surface area contributed by atoms with Crippen molar-refractivity contribution in [3.8, 4) is 0 Å². The Bertz CT molecular complexity index is 2410. The van der Waals surface area contributed by atoms with Crippen LogP contribution in [0.25, 0.3) is 32.4 Å². The molecule has 62 heavy (non-hydrogen) atoms. The molecule has 5 amide bonds. The van der Waals surface area contributed by atoms with Crippen LogP contribution >= 0.6 is 0 Å². The van der Waals surface area contributed by atoms with E-state index in [0.29, 0.717) is 35.6 Å². The number of fused-ring (bicyclic) bond motifs is 3. The number of nitrogen functional groups attached to an aromatic ring is 1. The van der Waals surface area contributed by atoms with E-state index in [4.69, 9.17) is 26.7 Å². The number of azide groups is 1. The van der Waals surface area contributed by atoms with Crippen molar-refractivity contribution in [2.75, 3.05) is 24.1 Å². The number of nitrogens with one attached hydrogen (secondary N) is 4. The molecule has 326 valence electrons. The van der Waals surface area contributed by atoms with Crippen LogP contribution in [0.4, 0.5) is 21.1 Å². The number of amides is 5. The summed E-state index contributed by atoms with van der Waals surface area (Å²) in [6.45, 7) is 6.24. The number of Topliss-reactive ketones (excluding diaryl/α,β-unsaturated/α-hetero) is 1. The SMILES string of the molecule is CCCCc1nc2c(N)nc3ccccc3c2n1Cc1ccc(CNC(=O)OCc2ccc(NC(=O)[C@H](CCCNC(N)=O)CC(=O)[C@@H](NC(=O)CN=[N+]=[N-])C(C)C)cc2)cc1. The number of urea groups is 1. The maximum atomic E-state index is 13.5. The average Bonchev–Trinajstić information content (AvgIpc) is 3.62. The van der Waals surface area contributed by atoms with Crippen LogP contribution in [0.1, 0.15) is 75.4 Å². The number of benzene rings is 3. The Morgan fingerprint density at radius 3 is 2.32 bits per heavy atom. The van der Waals surface area contributed by atoms with Gasteiger partial charge in [0.05, 0.1) is 17.1 Å². The van der Waals surface area contributed by atoms with E-state index in [-0.39, 0.29) is 44.2 Å². The Balaban J connectivity index is 1.14. The van der Waals surface area contributed by atoms with Crippen LogP contribution in [0.3, 0.4) is 0 Å². The summed E-state index contributed by atoms with van der Waals surface area (Å²) in [5.41, 5.74) is 25.7. The van der Waals surface area contributed by atoms with Gasteiger partial charge in [-0.2, -0.15) is 0 Å². The van der Waals surface area contributed by atoms with Gasteiger partial charge in [0.15, 0.2) is 11.6 Å². The topological polar surface area (TPSA) is 274 Å². The van der Waals surface area contributed by atoms with Crippen molar-refractivity contribution in [1.29, 1.82) is 0 Å². The van der Waals surface area contributed by atoms with Gasteiger partial charge in [0, 0.05) is 54.4 Å². The fourth-order valence-electron chi connectivity index (χ4n) is 7.04. The van der Waals surface area contributed by atoms with E-state index in [9.17, 15) is 24.0 Å². The molecule has 2 aromatic heterocycles. The number of primary amides is 1. The summed E-state index contributed by atoms with van der Waals surface area (Å²) in [6.07, 6.45) is 2.69. The Labute approximate surface area is 359 Å². The van der Waals surface area contributed by atoms with Gasteiger partial charge in [-0.25, -0.2) is 19.6 Å². The Morgan fingerprint density at radius 1 is 0.919 bits per heavy atom. The number of imidazole rings is 1. The zero-order valence-corrected chi connectivity index (χ0v) is 35.2. The zero-order chi connectivity index (χ0) is 44.6. The number of hydrogen-bond acceptors (Lipinski definition) is 10. The number of alkyl carbamates (subject to hydrolysis) is 1. The van der Waals surface area contributed by atoms with Crippen LogP contribution < -0.4 is 32.7 Å². The van der Waals surface area contributed by atoms with Crippen LogP contribution in [0.15, 0.2) is 77.9 Å². The molecule has 3 aromatic carbocycles. The number of para-hydroxylation sites is 1. The molecule has 2 atom stereocenters. The Morgan fingerprint density at radius 2 is 1.63 bits per heavy atom. The van der Waals surface area contributed by atoms with E-state index in [0.717, 1.165) is 52.6 Å². The molecule has 2 heterocycles. The number of aryl methyl sites for hydroxylation is 1. The average molecular weight is 847 g/mol. The van der Waals surface area contributed by atoms with E-state index < -0.39 is 42.4 Å². The smallest absolute Gasteiger partial charge is 0.407 e. The molecule has 18 heteroatoms. The second kappa shape index (κ2) is 22.4. The van der Waals surface area contributed by atoms with Crippen molar-refractivity contribution in [2.45, 2.75) is 85.0 Å². The van der Waals surface area contributed by atoms with Crippen LogP contribution in [0.2, 0.25) is 0 Å². The van der Waals surface area contributed by atoms with Crippen LogP contribution in [-0.4, -0.2) is 63.4 Å². The minimum Gasteiger partial charge on any atom is -0.445 e. The third-order valence-corrected chi connectivity index (χ3v) is 10.3. The zero-order valence-electron chi connectivity index (χ0n) is 35.2. The number of pyridine rings is 1. The predicted molar refractivity (Wildman–Crippen MR) is 236 cm³/mol. The minimum absolute atomic E-state index is 0.0150. The summed E-state index contributed by atoms with van der Waals surface area (Å²) < 4.78 is 7.68. The molecule has 5 aromatic rings. The van der Waals surface area contributed by atoms with E-state index in [1.54, 1.807) is 38.1 Å². The first kappa shape index (κ1) is 45.9. The van der Waals surface area contributed by atoms with E-state index >= 15 is 0 Å². The van der Waals surface area contributed by atoms with Crippen LogP contribution in [-0.2, 0) is 45.2 Å². The molecule has 5 rings (SSSR count). The first-order valence-corrected chi connectivity index (χ1v) is 20.6. The molecular formula is C44H54N12O6. The third-order valence-electron chi connectivity index (χ3n) is 10.3. The second-order valence-corrected chi connectivity index (χ2v) is 15.3. The maximum absolute atomic E-state index is 13.5. The normalized spacial score (nSPS) is 12.0. The number of nitrogens with zero attached hydrogens (tertiary/aromatic N) is 6. The molecule has 0 bridgehead atoms. The van der Waals surface area contributed by atoms with Gasteiger partial charge in [0.25, 0.3) is 0 Å². The number of anilines is 2. The van der Waals surface area contributed by atoms with Crippen LogP contribution in [0.5, 0.6) is 0 Å². The standard InChI is InChI=1S/C44H54N12O6/c1-4-5-12-36-53-39-40(33-10-6-7-11-34(33)52-41(39)45)56(36)25-29-15-13-28(14-16-29)23-49-44(61)62-26-30-17-19-32(20-18-30)51-42(59)31(9-8-21-48-43(46)60)22-35(57)38(27(2)3)54-37(58)24-50-55-47/h6-7,10-11,13-20,27,31,38H,4-5,8-9,12,21-26H2,1-3H3,(H2,45,52)(H,49,61)(H,51,59)(H,54,58)(H3,46,48,60)/t31-,38+/m1/s1. The van der Waals surface area contributed by atoms with Gasteiger partial charge in [0.2, 0.25) is 11.8 Å². The molecule has 0 radical (unpaired) electrons. The highest BCUT2D eigenvalue weighted by atomic mass is 16.5. The highest BCUT2D eigenvalue weighted by molar-refractivity contribution is 6.06. The molecule has 18 nitrogen and oxygen atoms in total. The largest absolute Gasteiger partial charge is 0.445 e. The third kappa shape index (κ3) is 12.9. The van der Waals surface area contributed by atoms with Gasteiger partial charge in [-0.05, 0) is 65.6 Å². The van der Waals surface area contributed by atoms with Crippen molar-refractivity contribution < 1.29 is 28.7 Å². The van der Waals surface area contributed by atoms with Gasteiger partial charge in [0.1, 0.15) is 24.5 Å². The highest BCUT2D eigenvalue weighted by Crippen LogP contribution is 2.30. The molecule has 0 aliphatic rings. The van der Waals surface area contributed by atoms with Crippen molar-refractivity contribution in [3.63, 3.8) is 0 Å². The van der Waals surface area contributed by atoms with Gasteiger partial charge in [-0.15, -0.1) is 0 Å².